The highest BCUT2D eigenvalue weighted by molar-refractivity contribution is 5.98. The number of anilines is 2. The number of halogens is 2. The molecule has 0 fully saturated rings. The van der Waals surface area contributed by atoms with Crippen molar-refractivity contribution in [3.63, 3.8) is 0 Å². The molecule has 0 bridgehead atoms. The number of hydrogen-bond acceptors (Lipinski definition) is 6. The smallest absolute Gasteiger partial charge is 0.280 e. The molecule has 0 saturated heterocycles. The molecule has 4 heterocycles. The molecule has 0 aromatic carbocycles. The number of rotatable bonds is 4. The standard InChI is InChI=1S/C18H18FN7O3.ClH/c1-9(2)24-7-11-16(18(24)29)25(15-5-12(20)23-26(15)17(11)28)8-14(27)22-13-4-3-10(19)6-21-13;/h3-6,9H,7-8H2,1-2H3,(H2,20,23)(H,21,22,27);1H. The monoisotopic (exact) mass is 435 g/mol. The number of nitrogens with two attached hydrogens (primary N) is 1. The summed E-state index contributed by atoms with van der Waals surface area (Å²) in [6.45, 7) is 3.53. The van der Waals surface area contributed by atoms with Gasteiger partial charge in [0.15, 0.2) is 0 Å². The zero-order valence-corrected chi connectivity index (χ0v) is 16.9. The van der Waals surface area contributed by atoms with Gasteiger partial charge in [-0.1, -0.05) is 0 Å². The minimum atomic E-state index is -0.531. The number of amides is 2. The van der Waals surface area contributed by atoms with Crippen molar-refractivity contribution in [1.82, 2.24) is 24.1 Å². The van der Waals surface area contributed by atoms with E-state index in [9.17, 15) is 18.8 Å². The Labute approximate surface area is 175 Å². The Morgan fingerprint density at radius 1 is 1.33 bits per heavy atom. The fraction of sp³-hybridized carbons (Fsp3) is 0.278. The fourth-order valence-electron chi connectivity index (χ4n) is 3.36. The van der Waals surface area contributed by atoms with Gasteiger partial charge >= 0.3 is 0 Å². The first-order valence-corrected chi connectivity index (χ1v) is 8.89. The number of nitrogens with zero attached hydrogens (tertiary/aromatic N) is 5. The SMILES string of the molecule is CC(C)N1Cc2c(n(CC(=O)Nc3ccc(F)cn3)c3cc(N)nn3c2=O)C1=O.Cl. The summed E-state index contributed by atoms with van der Waals surface area (Å²) in [5, 5.41) is 6.53. The van der Waals surface area contributed by atoms with Crippen molar-refractivity contribution in [3.05, 3.63) is 51.8 Å². The van der Waals surface area contributed by atoms with Crippen molar-refractivity contribution < 1.29 is 14.0 Å². The topological polar surface area (TPSA) is 128 Å². The van der Waals surface area contributed by atoms with E-state index < -0.39 is 17.3 Å². The van der Waals surface area contributed by atoms with E-state index in [4.69, 9.17) is 5.73 Å². The summed E-state index contributed by atoms with van der Waals surface area (Å²) in [7, 11) is 0. The molecule has 0 spiro atoms. The number of nitrogens with one attached hydrogen (secondary N) is 1. The van der Waals surface area contributed by atoms with Crippen LogP contribution in [0.5, 0.6) is 0 Å². The summed E-state index contributed by atoms with van der Waals surface area (Å²) >= 11 is 0. The molecule has 0 saturated carbocycles. The summed E-state index contributed by atoms with van der Waals surface area (Å²) < 4.78 is 15.5. The first kappa shape index (κ1) is 21.2. The van der Waals surface area contributed by atoms with Crippen LogP contribution in [0, 0.1) is 5.82 Å². The highest BCUT2D eigenvalue weighted by atomic mass is 35.5. The summed E-state index contributed by atoms with van der Waals surface area (Å²) in [5.74, 6) is -1.13. The Balaban J connectivity index is 0.00000256. The van der Waals surface area contributed by atoms with Crippen LogP contribution in [0.2, 0.25) is 0 Å². The fourth-order valence-corrected chi connectivity index (χ4v) is 3.36. The van der Waals surface area contributed by atoms with Gasteiger partial charge in [0.25, 0.3) is 11.5 Å². The molecule has 3 aromatic heterocycles. The third-order valence-electron chi connectivity index (χ3n) is 4.70. The van der Waals surface area contributed by atoms with Crippen LogP contribution >= 0.6 is 12.4 Å². The third kappa shape index (κ3) is 3.47. The van der Waals surface area contributed by atoms with Gasteiger partial charge in [0, 0.05) is 12.1 Å². The molecule has 4 rings (SSSR count). The number of fused-ring (bicyclic) bond motifs is 2. The van der Waals surface area contributed by atoms with Crippen LogP contribution in [-0.2, 0) is 17.9 Å². The van der Waals surface area contributed by atoms with E-state index in [0.29, 0.717) is 0 Å². The Morgan fingerprint density at radius 2 is 2.07 bits per heavy atom. The first-order valence-electron chi connectivity index (χ1n) is 8.89. The maximum atomic E-state index is 13.0. The van der Waals surface area contributed by atoms with Gasteiger partial charge in [-0.15, -0.1) is 17.5 Å². The number of aromatic nitrogens is 4. The lowest BCUT2D eigenvalue weighted by Gasteiger charge is -2.20. The number of pyridine rings is 1. The number of carbonyl (C=O) groups is 2. The molecule has 158 valence electrons. The van der Waals surface area contributed by atoms with Gasteiger partial charge in [-0.2, -0.15) is 4.52 Å². The third-order valence-corrected chi connectivity index (χ3v) is 4.70. The van der Waals surface area contributed by atoms with Crippen molar-refractivity contribution in [2.45, 2.75) is 33.0 Å². The summed E-state index contributed by atoms with van der Waals surface area (Å²) in [6, 6.07) is 3.79. The van der Waals surface area contributed by atoms with Crippen LogP contribution in [0.4, 0.5) is 16.0 Å². The second-order valence-electron chi connectivity index (χ2n) is 6.99. The van der Waals surface area contributed by atoms with Crippen LogP contribution in [0.3, 0.4) is 0 Å². The van der Waals surface area contributed by atoms with E-state index in [1.807, 2.05) is 13.8 Å². The molecule has 1 aliphatic rings. The second-order valence-corrected chi connectivity index (χ2v) is 6.99. The highest BCUT2D eigenvalue weighted by Crippen LogP contribution is 2.24. The van der Waals surface area contributed by atoms with E-state index in [1.165, 1.54) is 22.8 Å². The predicted octanol–water partition coefficient (Wildman–Crippen LogP) is 1.04. The predicted molar refractivity (Wildman–Crippen MR) is 109 cm³/mol. The second kappa shape index (κ2) is 7.75. The van der Waals surface area contributed by atoms with E-state index in [0.717, 1.165) is 10.7 Å². The molecule has 10 nitrogen and oxygen atoms in total. The molecule has 1 aliphatic heterocycles. The van der Waals surface area contributed by atoms with E-state index >= 15 is 0 Å². The van der Waals surface area contributed by atoms with Gasteiger partial charge < -0.3 is 20.5 Å². The van der Waals surface area contributed by atoms with Gasteiger partial charge in [-0.3, -0.25) is 14.4 Å². The van der Waals surface area contributed by atoms with E-state index in [1.54, 1.807) is 4.90 Å². The average Bonchev–Trinajstić information content (AvgIpc) is 3.21. The van der Waals surface area contributed by atoms with Crippen LogP contribution < -0.4 is 16.6 Å². The van der Waals surface area contributed by atoms with Crippen LogP contribution in [0.1, 0.15) is 29.9 Å². The van der Waals surface area contributed by atoms with Crippen LogP contribution in [0.25, 0.3) is 5.65 Å². The van der Waals surface area contributed by atoms with Gasteiger partial charge in [0.05, 0.1) is 18.3 Å². The average molecular weight is 436 g/mol. The maximum Gasteiger partial charge on any atom is 0.280 e. The van der Waals surface area contributed by atoms with Crippen molar-refractivity contribution in [2.75, 3.05) is 11.1 Å². The summed E-state index contributed by atoms with van der Waals surface area (Å²) in [5.41, 5.74) is 5.92. The van der Waals surface area contributed by atoms with E-state index in [2.05, 4.69) is 15.4 Å². The van der Waals surface area contributed by atoms with Crippen molar-refractivity contribution in [2.24, 2.45) is 0 Å². The van der Waals surface area contributed by atoms with Crippen molar-refractivity contribution >= 4 is 41.5 Å². The largest absolute Gasteiger partial charge is 0.382 e. The van der Waals surface area contributed by atoms with Crippen LogP contribution in [-0.4, -0.2) is 41.9 Å². The van der Waals surface area contributed by atoms with Gasteiger partial charge in [-0.25, -0.2) is 9.37 Å². The Kier molecular flexibility index (Phi) is 5.49. The normalized spacial score (nSPS) is 12.9. The minimum absolute atomic E-state index is 0. The lowest BCUT2D eigenvalue weighted by Crippen LogP contribution is -2.32. The quantitative estimate of drug-likeness (QED) is 0.630. The Hall–Kier alpha value is -3.47. The molecule has 2 amide bonds. The summed E-state index contributed by atoms with van der Waals surface area (Å²) in [6.07, 6.45) is 0.979. The first-order chi connectivity index (χ1) is 13.8. The highest BCUT2D eigenvalue weighted by Gasteiger charge is 2.36. The van der Waals surface area contributed by atoms with E-state index in [-0.39, 0.29) is 66.0 Å². The zero-order chi connectivity index (χ0) is 20.9. The molecule has 3 aromatic rings. The Bertz CT molecular complexity index is 1200. The van der Waals surface area contributed by atoms with Gasteiger partial charge in [0.1, 0.15) is 35.3 Å². The minimum Gasteiger partial charge on any atom is -0.382 e. The molecule has 0 atom stereocenters. The summed E-state index contributed by atoms with van der Waals surface area (Å²) in [4.78, 5) is 43.7. The zero-order valence-electron chi connectivity index (χ0n) is 16.1. The molecule has 0 unspecified atom stereocenters. The molecular weight excluding hydrogens is 417 g/mol. The van der Waals surface area contributed by atoms with Crippen LogP contribution in [0.15, 0.2) is 29.2 Å². The number of nitrogen functional groups attached to an aromatic ring is 1. The van der Waals surface area contributed by atoms with Gasteiger partial charge in [0.2, 0.25) is 5.91 Å². The molecule has 30 heavy (non-hydrogen) atoms. The van der Waals surface area contributed by atoms with Crippen molar-refractivity contribution in [3.8, 4) is 0 Å². The lowest BCUT2D eigenvalue weighted by molar-refractivity contribution is -0.116. The lowest BCUT2D eigenvalue weighted by atomic mass is 10.2. The molecular formula is C18H19ClFN7O3. The number of carbonyl (C=O) groups excluding carboxylic acids is 2. The number of hydrogen-bond donors (Lipinski definition) is 2. The Morgan fingerprint density at radius 3 is 2.70 bits per heavy atom. The molecule has 12 heteroatoms. The molecule has 3 N–H and O–H groups in total. The van der Waals surface area contributed by atoms with Crippen molar-refractivity contribution in [1.29, 1.82) is 0 Å². The maximum absolute atomic E-state index is 13.0. The molecule has 0 aliphatic carbocycles. The van der Waals surface area contributed by atoms with Gasteiger partial charge in [-0.05, 0) is 26.0 Å². The molecule has 0 radical (unpaired) electrons.